The van der Waals surface area contributed by atoms with Crippen molar-refractivity contribution >= 4 is 23.2 Å². The van der Waals surface area contributed by atoms with Gasteiger partial charge in [-0.15, -0.1) is 0 Å². The smallest absolute Gasteiger partial charge is 0.0837 e. The van der Waals surface area contributed by atoms with Crippen molar-refractivity contribution in [2.75, 3.05) is 0 Å². The molecule has 0 saturated heterocycles. The topological polar surface area (TPSA) is 56.7 Å². The van der Waals surface area contributed by atoms with Crippen LogP contribution in [0.2, 0.25) is 10.0 Å². The zero-order valence-electron chi connectivity index (χ0n) is 9.98. The van der Waals surface area contributed by atoms with Gasteiger partial charge in [0.2, 0.25) is 0 Å². The van der Waals surface area contributed by atoms with Crippen LogP contribution in [0.3, 0.4) is 0 Å². The van der Waals surface area contributed by atoms with E-state index in [4.69, 9.17) is 28.9 Å². The predicted molar refractivity (Wildman–Crippen MR) is 72.8 cm³/mol. The third kappa shape index (κ3) is 2.51. The molecular formula is C12H14Cl2N4. The Kier molecular flexibility index (Phi) is 4.22. The van der Waals surface area contributed by atoms with Gasteiger partial charge in [-0.2, -0.15) is 5.10 Å². The van der Waals surface area contributed by atoms with E-state index in [1.165, 1.54) is 0 Å². The van der Waals surface area contributed by atoms with Crippen molar-refractivity contribution in [3.8, 4) is 0 Å². The van der Waals surface area contributed by atoms with Gasteiger partial charge in [-0.3, -0.25) is 9.67 Å². The monoisotopic (exact) mass is 284 g/mol. The fourth-order valence-corrected chi connectivity index (χ4v) is 2.35. The molecule has 0 aromatic carbocycles. The average Bonchev–Trinajstić information content (AvgIpc) is 2.71. The molecule has 1 unspecified atom stereocenters. The Morgan fingerprint density at radius 1 is 1.33 bits per heavy atom. The van der Waals surface area contributed by atoms with Crippen LogP contribution in [-0.4, -0.2) is 14.8 Å². The second-order valence-corrected chi connectivity index (χ2v) is 4.79. The lowest BCUT2D eigenvalue weighted by molar-refractivity contribution is 0.560. The van der Waals surface area contributed by atoms with E-state index < -0.39 is 6.04 Å². The molecule has 4 nitrogen and oxygen atoms in total. The molecule has 0 aliphatic carbocycles. The zero-order valence-corrected chi connectivity index (χ0v) is 11.5. The molecule has 0 fully saturated rings. The Balaban J connectivity index is 2.42. The van der Waals surface area contributed by atoms with Crippen LogP contribution in [0.25, 0.3) is 0 Å². The van der Waals surface area contributed by atoms with Gasteiger partial charge in [0.05, 0.1) is 28.0 Å². The summed E-state index contributed by atoms with van der Waals surface area (Å²) in [5.74, 6) is 0. The molecule has 96 valence electrons. The number of aryl methyl sites for hydroxylation is 1. The first-order valence-electron chi connectivity index (χ1n) is 5.71. The summed E-state index contributed by atoms with van der Waals surface area (Å²) < 4.78 is 1.82. The summed E-state index contributed by atoms with van der Waals surface area (Å²) in [7, 11) is 0. The van der Waals surface area contributed by atoms with Crippen molar-refractivity contribution < 1.29 is 0 Å². The molecule has 2 rings (SSSR count). The molecule has 18 heavy (non-hydrogen) atoms. The van der Waals surface area contributed by atoms with Gasteiger partial charge in [0.1, 0.15) is 0 Å². The van der Waals surface area contributed by atoms with Gasteiger partial charge in [0, 0.05) is 18.9 Å². The van der Waals surface area contributed by atoms with E-state index >= 15 is 0 Å². The number of rotatable bonds is 4. The van der Waals surface area contributed by atoms with Gasteiger partial charge in [0.25, 0.3) is 0 Å². The van der Waals surface area contributed by atoms with E-state index in [1.54, 1.807) is 24.7 Å². The van der Waals surface area contributed by atoms with Crippen LogP contribution in [-0.2, 0) is 6.54 Å². The van der Waals surface area contributed by atoms with Crippen LogP contribution in [0, 0.1) is 0 Å². The minimum Gasteiger partial charge on any atom is -0.319 e. The second kappa shape index (κ2) is 5.69. The fraction of sp³-hybridized carbons (Fsp3) is 0.333. The van der Waals surface area contributed by atoms with Crippen LogP contribution >= 0.6 is 23.2 Å². The van der Waals surface area contributed by atoms with E-state index in [0.717, 1.165) is 24.2 Å². The van der Waals surface area contributed by atoms with Crippen molar-refractivity contribution in [2.45, 2.75) is 25.9 Å². The quantitative estimate of drug-likeness (QED) is 0.939. The minimum absolute atomic E-state index is 0.401. The first-order valence-corrected chi connectivity index (χ1v) is 6.47. The number of hydrogen-bond acceptors (Lipinski definition) is 3. The summed E-state index contributed by atoms with van der Waals surface area (Å²) >= 11 is 12.3. The molecule has 2 aromatic rings. The maximum atomic E-state index is 6.24. The van der Waals surface area contributed by atoms with Crippen LogP contribution in [0.1, 0.15) is 30.6 Å². The molecule has 2 N–H and O–H groups in total. The van der Waals surface area contributed by atoms with Gasteiger partial charge < -0.3 is 5.73 Å². The largest absolute Gasteiger partial charge is 0.319 e. The Morgan fingerprint density at radius 3 is 2.78 bits per heavy atom. The lowest BCUT2D eigenvalue weighted by Gasteiger charge is -2.16. The van der Waals surface area contributed by atoms with Crippen molar-refractivity contribution in [1.29, 1.82) is 0 Å². The van der Waals surface area contributed by atoms with E-state index in [0.29, 0.717) is 10.0 Å². The van der Waals surface area contributed by atoms with E-state index in [1.807, 2.05) is 4.68 Å². The lowest BCUT2D eigenvalue weighted by atomic mass is 10.1. The van der Waals surface area contributed by atoms with Crippen LogP contribution in [0.15, 0.2) is 24.7 Å². The first-order chi connectivity index (χ1) is 8.65. The molecular weight excluding hydrogens is 271 g/mol. The molecule has 0 aliphatic rings. The molecule has 0 radical (unpaired) electrons. The molecule has 1 atom stereocenters. The summed E-state index contributed by atoms with van der Waals surface area (Å²) in [6, 6.07) is 1.40. The highest BCUT2D eigenvalue weighted by Crippen LogP contribution is 2.30. The highest BCUT2D eigenvalue weighted by atomic mass is 35.5. The standard InChI is InChI=1S/C12H14Cl2N4/c1-2-5-18-12(10(14)7-17-18)11(15)8-3-4-16-6-9(8)13/h3-4,6-7,11H,2,5,15H2,1H3. The summed E-state index contributed by atoms with van der Waals surface area (Å²) in [5, 5.41) is 5.32. The molecule has 0 aliphatic heterocycles. The van der Waals surface area contributed by atoms with Gasteiger partial charge in [-0.05, 0) is 18.1 Å². The summed E-state index contributed by atoms with van der Waals surface area (Å²) in [6.07, 6.45) is 5.81. The molecule has 2 aromatic heterocycles. The Morgan fingerprint density at radius 2 is 2.11 bits per heavy atom. The van der Waals surface area contributed by atoms with Crippen molar-refractivity contribution in [2.24, 2.45) is 5.73 Å². The summed E-state index contributed by atoms with van der Waals surface area (Å²) in [5.41, 5.74) is 7.82. The zero-order chi connectivity index (χ0) is 13.1. The number of hydrogen-bond donors (Lipinski definition) is 1. The Labute approximate surface area is 116 Å². The van der Waals surface area contributed by atoms with E-state index in [2.05, 4.69) is 17.0 Å². The molecule has 0 bridgehead atoms. The van der Waals surface area contributed by atoms with Crippen molar-refractivity contribution in [3.05, 3.63) is 46.0 Å². The first kappa shape index (κ1) is 13.3. The van der Waals surface area contributed by atoms with E-state index in [-0.39, 0.29) is 0 Å². The highest BCUT2D eigenvalue weighted by molar-refractivity contribution is 6.32. The second-order valence-electron chi connectivity index (χ2n) is 3.98. The van der Waals surface area contributed by atoms with E-state index in [9.17, 15) is 0 Å². The predicted octanol–water partition coefficient (Wildman–Crippen LogP) is 3.04. The van der Waals surface area contributed by atoms with Gasteiger partial charge in [-0.1, -0.05) is 30.1 Å². The third-order valence-corrected chi connectivity index (χ3v) is 3.31. The molecule has 0 saturated carbocycles. The molecule has 0 amide bonds. The Bertz CT molecular complexity index is 539. The normalized spacial score (nSPS) is 12.7. The van der Waals surface area contributed by atoms with Crippen LogP contribution in [0.4, 0.5) is 0 Å². The lowest BCUT2D eigenvalue weighted by Crippen LogP contribution is -2.18. The maximum absolute atomic E-state index is 6.24. The summed E-state index contributed by atoms with van der Waals surface area (Å²) in [4.78, 5) is 3.95. The van der Waals surface area contributed by atoms with Crippen molar-refractivity contribution in [1.82, 2.24) is 14.8 Å². The van der Waals surface area contributed by atoms with Gasteiger partial charge in [-0.25, -0.2) is 0 Å². The number of pyridine rings is 1. The fourth-order valence-electron chi connectivity index (χ4n) is 1.86. The van der Waals surface area contributed by atoms with Crippen molar-refractivity contribution in [3.63, 3.8) is 0 Å². The number of aromatic nitrogens is 3. The Hall–Kier alpha value is -1.10. The average molecular weight is 285 g/mol. The van der Waals surface area contributed by atoms with Crippen LogP contribution < -0.4 is 5.73 Å². The number of halogens is 2. The van der Waals surface area contributed by atoms with Gasteiger partial charge in [0.15, 0.2) is 0 Å². The SMILES string of the molecule is CCCn1ncc(Cl)c1C(N)c1ccncc1Cl. The summed E-state index contributed by atoms with van der Waals surface area (Å²) in [6.45, 7) is 2.85. The third-order valence-electron chi connectivity index (χ3n) is 2.70. The van der Waals surface area contributed by atoms with Crippen LogP contribution in [0.5, 0.6) is 0 Å². The minimum atomic E-state index is -0.401. The maximum Gasteiger partial charge on any atom is 0.0837 e. The highest BCUT2D eigenvalue weighted by Gasteiger charge is 2.20. The number of nitrogens with two attached hydrogens (primary N) is 1. The van der Waals surface area contributed by atoms with Gasteiger partial charge >= 0.3 is 0 Å². The molecule has 6 heteroatoms. The molecule has 2 heterocycles. The number of nitrogens with zero attached hydrogens (tertiary/aromatic N) is 3. The molecule has 0 spiro atoms.